The van der Waals surface area contributed by atoms with Crippen LogP contribution in [0, 0.1) is 0 Å². The van der Waals surface area contributed by atoms with Crippen molar-refractivity contribution in [2.75, 3.05) is 19.9 Å². The predicted molar refractivity (Wildman–Crippen MR) is 82.7 cm³/mol. The second kappa shape index (κ2) is 8.85. The SMILES string of the molecule is CCCCC(NCC1(SC)CCCCC1)C(=O)OC. The van der Waals surface area contributed by atoms with Crippen LogP contribution in [0.1, 0.15) is 58.3 Å². The molecule has 0 aromatic heterocycles. The molecule has 0 heterocycles. The van der Waals surface area contributed by atoms with Gasteiger partial charge in [0.05, 0.1) is 7.11 Å². The first kappa shape index (κ1) is 16.8. The molecule has 1 fully saturated rings. The second-order valence-corrected chi connectivity index (χ2v) is 6.82. The van der Waals surface area contributed by atoms with Gasteiger partial charge >= 0.3 is 5.97 Å². The molecule has 1 rings (SSSR count). The fourth-order valence-corrected chi connectivity index (χ4v) is 3.74. The van der Waals surface area contributed by atoms with Gasteiger partial charge in [-0.3, -0.25) is 4.79 Å². The van der Waals surface area contributed by atoms with Crippen LogP contribution >= 0.6 is 11.8 Å². The van der Waals surface area contributed by atoms with E-state index in [1.165, 1.54) is 39.2 Å². The molecule has 0 aliphatic heterocycles. The van der Waals surface area contributed by atoms with Gasteiger partial charge in [-0.05, 0) is 25.5 Å². The first-order chi connectivity index (χ1) is 9.17. The number of carbonyl (C=O) groups is 1. The summed E-state index contributed by atoms with van der Waals surface area (Å²) in [5, 5.41) is 3.47. The van der Waals surface area contributed by atoms with Crippen molar-refractivity contribution in [1.29, 1.82) is 0 Å². The fourth-order valence-electron chi connectivity index (χ4n) is 2.81. The van der Waals surface area contributed by atoms with E-state index in [9.17, 15) is 4.79 Å². The summed E-state index contributed by atoms with van der Waals surface area (Å²) in [5.74, 6) is -0.111. The molecule has 1 unspecified atom stereocenters. The summed E-state index contributed by atoms with van der Waals surface area (Å²) in [6.45, 7) is 3.08. The largest absolute Gasteiger partial charge is 0.468 e. The van der Waals surface area contributed by atoms with Gasteiger partial charge < -0.3 is 10.1 Å². The van der Waals surface area contributed by atoms with Gasteiger partial charge in [-0.2, -0.15) is 11.8 Å². The molecule has 19 heavy (non-hydrogen) atoms. The molecule has 0 saturated heterocycles. The molecular formula is C15H29NO2S. The molecule has 3 nitrogen and oxygen atoms in total. The average Bonchev–Trinajstić information content (AvgIpc) is 2.47. The first-order valence-corrected chi connectivity index (χ1v) is 8.76. The Morgan fingerprint density at radius 3 is 2.58 bits per heavy atom. The lowest BCUT2D eigenvalue weighted by atomic mass is 9.88. The van der Waals surface area contributed by atoms with Gasteiger partial charge in [0.25, 0.3) is 0 Å². The summed E-state index contributed by atoms with van der Waals surface area (Å²) < 4.78 is 5.24. The Balaban J connectivity index is 2.50. The highest BCUT2D eigenvalue weighted by molar-refractivity contribution is 8.00. The molecule has 4 heteroatoms. The molecule has 1 aliphatic rings. The van der Waals surface area contributed by atoms with E-state index in [1.807, 2.05) is 11.8 Å². The standard InChI is InChI=1S/C15H29NO2S/c1-4-5-9-13(14(17)18-2)16-12-15(19-3)10-7-6-8-11-15/h13,16H,4-12H2,1-3H3. The summed E-state index contributed by atoms with van der Waals surface area (Å²) >= 11 is 1.96. The zero-order chi connectivity index (χ0) is 14.1. The van der Waals surface area contributed by atoms with Crippen molar-refractivity contribution in [2.45, 2.75) is 69.1 Å². The molecule has 0 aromatic carbocycles. The Labute approximate surface area is 122 Å². The number of nitrogens with one attached hydrogen (secondary N) is 1. The van der Waals surface area contributed by atoms with Crippen molar-refractivity contribution < 1.29 is 9.53 Å². The molecule has 0 aromatic rings. The Kier molecular flexibility index (Phi) is 7.84. The van der Waals surface area contributed by atoms with Crippen molar-refractivity contribution >= 4 is 17.7 Å². The van der Waals surface area contributed by atoms with E-state index in [0.29, 0.717) is 4.75 Å². The zero-order valence-corrected chi connectivity index (χ0v) is 13.5. The van der Waals surface area contributed by atoms with Gasteiger partial charge in [-0.25, -0.2) is 0 Å². The number of carbonyl (C=O) groups excluding carboxylic acids is 1. The second-order valence-electron chi connectivity index (χ2n) is 5.55. The number of unbranched alkanes of at least 4 members (excludes halogenated alkanes) is 1. The third-order valence-corrected chi connectivity index (χ3v) is 5.62. The molecule has 0 radical (unpaired) electrons. The monoisotopic (exact) mass is 287 g/mol. The van der Waals surface area contributed by atoms with Crippen LogP contribution in [0.5, 0.6) is 0 Å². The molecule has 1 atom stereocenters. The van der Waals surface area contributed by atoms with Crippen LogP contribution in [0.15, 0.2) is 0 Å². The topological polar surface area (TPSA) is 38.3 Å². The van der Waals surface area contributed by atoms with Crippen LogP contribution in [0.4, 0.5) is 0 Å². The van der Waals surface area contributed by atoms with Crippen LogP contribution in [-0.4, -0.2) is 36.7 Å². The van der Waals surface area contributed by atoms with E-state index >= 15 is 0 Å². The van der Waals surface area contributed by atoms with E-state index in [4.69, 9.17) is 4.74 Å². The lowest BCUT2D eigenvalue weighted by Gasteiger charge is -2.37. The number of esters is 1. The highest BCUT2D eigenvalue weighted by Crippen LogP contribution is 2.38. The third-order valence-electron chi connectivity index (χ3n) is 4.20. The number of thioether (sulfide) groups is 1. The molecule has 1 N–H and O–H groups in total. The van der Waals surface area contributed by atoms with Crippen LogP contribution in [0.2, 0.25) is 0 Å². The van der Waals surface area contributed by atoms with Crippen LogP contribution in [0.3, 0.4) is 0 Å². The minimum absolute atomic E-state index is 0.111. The van der Waals surface area contributed by atoms with Crippen molar-refractivity contribution in [3.8, 4) is 0 Å². The van der Waals surface area contributed by atoms with Gasteiger partial charge in [0.2, 0.25) is 0 Å². The lowest BCUT2D eigenvalue weighted by molar-refractivity contribution is -0.143. The Hall–Kier alpha value is -0.220. The fraction of sp³-hybridized carbons (Fsp3) is 0.933. The summed E-state index contributed by atoms with van der Waals surface area (Å²) in [6.07, 6.45) is 11.8. The number of hydrogen-bond donors (Lipinski definition) is 1. The average molecular weight is 287 g/mol. The van der Waals surface area contributed by atoms with Crippen molar-refractivity contribution in [1.82, 2.24) is 5.32 Å². The highest BCUT2D eigenvalue weighted by atomic mass is 32.2. The van der Waals surface area contributed by atoms with Gasteiger partial charge in [0.1, 0.15) is 6.04 Å². The van der Waals surface area contributed by atoms with Crippen molar-refractivity contribution in [3.63, 3.8) is 0 Å². The maximum absolute atomic E-state index is 11.8. The Morgan fingerprint density at radius 1 is 1.37 bits per heavy atom. The predicted octanol–water partition coefficient (Wildman–Crippen LogP) is 3.37. The van der Waals surface area contributed by atoms with Crippen molar-refractivity contribution in [3.05, 3.63) is 0 Å². The van der Waals surface area contributed by atoms with Gasteiger partial charge in [0.15, 0.2) is 0 Å². The lowest BCUT2D eigenvalue weighted by Crippen LogP contribution is -2.46. The van der Waals surface area contributed by atoms with E-state index < -0.39 is 0 Å². The quantitative estimate of drug-likeness (QED) is 0.695. The molecular weight excluding hydrogens is 258 g/mol. The number of hydrogen-bond acceptors (Lipinski definition) is 4. The molecule has 0 spiro atoms. The molecule has 112 valence electrons. The first-order valence-electron chi connectivity index (χ1n) is 7.54. The number of rotatable bonds is 8. The minimum atomic E-state index is -0.129. The van der Waals surface area contributed by atoms with E-state index in [2.05, 4.69) is 18.5 Å². The van der Waals surface area contributed by atoms with Crippen molar-refractivity contribution in [2.24, 2.45) is 0 Å². The molecule has 1 saturated carbocycles. The normalized spacial score (nSPS) is 19.9. The third kappa shape index (κ3) is 5.35. The maximum Gasteiger partial charge on any atom is 0.322 e. The summed E-state index contributed by atoms with van der Waals surface area (Å²) in [4.78, 5) is 11.8. The zero-order valence-electron chi connectivity index (χ0n) is 12.7. The Morgan fingerprint density at radius 2 is 2.05 bits per heavy atom. The molecule has 0 amide bonds. The van der Waals surface area contributed by atoms with Crippen LogP contribution < -0.4 is 5.32 Å². The summed E-state index contributed by atoms with van der Waals surface area (Å²) in [5.41, 5.74) is 0. The highest BCUT2D eigenvalue weighted by Gasteiger charge is 2.32. The van der Waals surface area contributed by atoms with E-state index in [1.54, 1.807) is 0 Å². The van der Waals surface area contributed by atoms with Crippen LogP contribution in [0.25, 0.3) is 0 Å². The summed E-state index contributed by atoms with van der Waals surface area (Å²) in [7, 11) is 1.48. The number of ether oxygens (including phenoxy) is 1. The smallest absolute Gasteiger partial charge is 0.322 e. The van der Waals surface area contributed by atoms with Gasteiger partial charge in [-0.15, -0.1) is 0 Å². The van der Waals surface area contributed by atoms with Gasteiger partial charge in [0, 0.05) is 11.3 Å². The minimum Gasteiger partial charge on any atom is -0.468 e. The Bertz CT molecular complexity index is 265. The van der Waals surface area contributed by atoms with E-state index in [0.717, 1.165) is 25.8 Å². The van der Waals surface area contributed by atoms with Gasteiger partial charge in [-0.1, -0.05) is 39.0 Å². The van der Waals surface area contributed by atoms with Crippen LogP contribution in [-0.2, 0) is 9.53 Å². The molecule has 1 aliphatic carbocycles. The molecule has 0 bridgehead atoms. The number of methoxy groups -OCH3 is 1. The van der Waals surface area contributed by atoms with E-state index in [-0.39, 0.29) is 12.0 Å². The summed E-state index contributed by atoms with van der Waals surface area (Å²) in [6, 6.07) is -0.129. The maximum atomic E-state index is 11.8.